The van der Waals surface area contributed by atoms with Crippen molar-refractivity contribution in [3.8, 4) is 11.5 Å². The predicted octanol–water partition coefficient (Wildman–Crippen LogP) is 1.93. The molecular formula is C17H18N4O5. The van der Waals surface area contributed by atoms with Crippen LogP contribution >= 0.6 is 0 Å². The Hall–Kier alpha value is -3.10. The minimum atomic E-state index is -0.575. The lowest BCUT2D eigenvalue weighted by atomic mass is 10.0. The van der Waals surface area contributed by atoms with Crippen LogP contribution in [0.1, 0.15) is 24.4 Å². The quantitative estimate of drug-likeness (QED) is 0.611. The Morgan fingerprint density at radius 3 is 2.88 bits per heavy atom. The van der Waals surface area contributed by atoms with Crippen LogP contribution in [0.5, 0.6) is 11.5 Å². The maximum Gasteiger partial charge on any atom is 0.381 e. The van der Waals surface area contributed by atoms with E-state index in [9.17, 15) is 14.9 Å². The first kappa shape index (κ1) is 16.4. The molecule has 2 aliphatic rings. The third-order valence-electron chi connectivity index (χ3n) is 4.65. The van der Waals surface area contributed by atoms with Crippen LogP contribution in [0.2, 0.25) is 0 Å². The Morgan fingerprint density at radius 1 is 1.31 bits per heavy atom. The number of imidazole rings is 1. The van der Waals surface area contributed by atoms with Crippen LogP contribution in [0.15, 0.2) is 30.7 Å². The van der Waals surface area contributed by atoms with Gasteiger partial charge in [0, 0.05) is 6.54 Å². The van der Waals surface area contributed by atoms with Gasteiger partial charge in [-0.15, -0.1) is 0 Å². The first-order valence-corrected chi connectivity index (χ1v) is 8.47. The van der Waals surface area contributed by atoms with Crippen molar-refractivity contribution in [3.05, 3.63) is 46.4 Å². The highest BCUT2D eigenvalue weighted by Gasteiger charge is 2.31. The standard InChI is InChI=1S/C17H18N4O5/c22-17(10-19-9-16(18-11-19)21(23)24)20-5-1-2-13(20)12-3-4-14-15(8-12)26-7-6-25-14/h3-4,8-9,11,13H,1-2,5-7,10H2/t13-/m1/s1. The molecule has 1 saturated heterocycles. The number of aromatic nitrogens is 2. The Balaban J connectivity index is 1.50. The zero-order chi connectivity index (χ0) is 18.1. The van der Waals surface area contributed by atoms with E-state index < -0.39 is 4.92 Å². The highest BCUT2D eigenvalue weighted by atomic mass is 16.6. The van der Waals surface area contributed by atoms with Gasteiger partial charge in [0.25, 0.3) is 0 Å². The molecule has 0 N–H and O–H groups in total. The molecule has 0 bridgehead atoms. The summed E-state index contributed by atoms with van der Waals surface area (Å²) in [6, 6.07) is 5.75. The molecule has 26 heavy (non-hydrogen) atoms. The number of hydrogen-bond donors (Lipinski definition) is 0. The predicted molar refractivity (Wildman–Crippen MR) is 90.0 cm³/mol. The summed E-state index contributed by atoms with van der Waals surface area (Å²) in [5.41, 5.74) is 1.01. The normalized spacial score (nSPS) is 18.8. The highest BCUT2D eigenvalue weighted by molar-refractivity contribution is 5.77. The Kier molecular flexibility index (Phi) is 4.19. The third-order valence-corrected chi connectivity index (χ3v) is 4.65. The molecular weight excluding hydrogens is 340 g/mol. The molecule has 9 nitrogen and oxygen atoms in total. The van der Waals surface area contributed by atoms with E-state index >= 15 is 0 Å². The van der Waals surface area contributed by atoms with Crippen LogP contribution in [0, 0.1) is 10.1 Å². The van der Waals surface area contributed by atoms with Gasteiger partial charge in [-0.2, -0.15) is 0 Å². The highest BCUT2D eigenvalue weighted by Crippen LogP contribution is 2.38. The minimum absolute atomic E-state index is 0.0297. The van der Waals surface area contributed by atoms with Gasteiger partial charge >= 0.3 is 5.82 Å². The van der Waals surface area contributed by atoms with Crippen molar-refractivity contribution in [2.24, 2.45) is 0 Å². The molecule has 0 saturated carbocycles. The summed E-state index contributed by atoms with van der Waals surface area (Å²) in [5.74, 6) is 1.08. The van der Waals surface area contributed by atoms with E-state index in [2.05, 4.69) is 4.98 Å². The van der Waals surface area contributed by atoms with Crippen LogP contribution in [0.3, 0.4) is 0 Å². The van der Waals surface area contributed by atoms with Crippen LogP contribution < -0.4 is 9.47 Å². The molecule has 0 aliphatic carbocycles. The zero-order valence-electron chi connectivity index (χ0n) is 14.0. The topological polar surface area (TPSA) is 99.7 Å². The lowest BCUT2D eigenvalue weighted by Gasteiger charge is -2.26. The van der Waals surface area contributed by atoms with Gasteiger partial charge in [-0.3, -0.25) is 4.79 Å². The molecule has 0 spiro atoms. The molecule has 3 heterocycles. The van der Waals surface area contributed by atoms with E-state index in [1.807, 2.05) is 23.1 Å². The first-order valence-electron chi connectivity index (χ1n) is 8.47. The molecule has 136 valence electrons. The van der Waals surface area contributed by atoms with Gasteiger partial charge in [-0.1, -0.05) is 6.07 Å². The van der Waals surface area contributed by atoms with E-state index in [0.29, 0.717) is 25.5 Å². The number of fused-ring (bicyclic) bond motifs is 1. The van der Waals surface area contributed by atoms with Crippen molar-refractivity contribution >= 4 is 11.7 Å². The van der Waals surface area contributed by atoms with Gasteiger partial charge in [-0.05, 0) is 40.4 Å². The number of nitro groups is 1. The maximum absolute atomic E-state index is 12.7. The summed E-state index contributed by atoms with van der Waals surface area (Å²) in [7, 11) is 0. The molecule has 1 aromatic carbocycles. The average Bonchev–Trinajstić information content (AvgIpc) is 3.30. The van der Waals surface area contributed by atoms with Gasteiger partial charge in [0.15, 0.2) is 11.5 Å². The third kappa shape index (κ3) is 3.07. The fourth-order valence-electron chi connectivity index (χ4n) is 3.46. The van der Waals surface area contributed by atoms with Gasteiger partial charge in [0.05, 0.1) is 6.04 Å². The molecule has 9 heteroatoms. The Morgan fingerprint density at radius 2 is 2.12 bits per heavy atom. The van der Waals surface area contributed by atoms with Gasteiger partial charge < -0.3 is 29.1 Å². The molecule has 0 radical (unpaired) electrons. The number of likely N-dealkylation sites (tertiary alicyclic amines) is 1. The zero-order valence-corrected chi connectivity index (χ0v) is 14.0. The fourth-order valence-corrected chi connectivity index (χ4v) is 3.46. The van der Waals surface area contributed by atoms with Crippen molar-refractivity contribution < 1.29 is 19.2 Å². The van der Waals surface area contributed by atoms with E-state index in [4.69, 9.17) is 9.47 Å². The molecule has 1 aromatic heterocycles. The Bertz CT molecular complexity index is 849. The molecule has 2 aliphatic heterocycles. The molecule has 0 unspecified atom stereocenters. The summed E-state index contributed by atoms with van der Waals surface area (Å²) >= 11 is 0. The monoisotopic (exact) mass is 358 g/mol. The number of amides is 1. The Labute approximate surface area is 149 Å². The number of carbonyl (C=O) groups is 1. The minimum Gasteiger partial charge on any atom is -0.486 e. The number of rotatable bonds is 4. The lowest BCUT2D eigenvalue weighted by molar-refractivity contribution is -0.389. The van der Waals surface area contributed by atoms with E-state index in [0.717, 1.165) is 24.2 Å². The number of benzene rings is 1. The van der Waals surface area contributed by atoms with Gasteiger partial charge in [-0.25, -0.2) is 0 Å². The van der Waals surface area contributed by atoms with Crippen molar-refractivity contribution in [3.63, 3.8) is 0 Å². The average molecular weight is 358 g/mol. The second kappa shape index (κ2) is 6.66. The van der Waals surface area contributed by atoms with Crippen molar-refractivity contribution in [2.75, 3.05) is 19.8 Å². The molecule has 1 atom stereocenters. The van der Waals surface area contributed by atoms with Gasteiger partial charge in [0.1, 0.15) is 26.0 Å². The van der Waals surface area contributed by atoms with Crippen molar-refractivity contribution in [1.29, 1.82) is 0 Å². The summed E-state index contributed by atoms with van der Waals surface area (Å²) < 4.78 is 12.6. The summed E-state index contributed by atoms with van der Waals surface area (Å²) in [4.78, 5) is 28.4. The van der Waals surface area contributed by atoms with E-state index in [1.54, 1.807) is 0 Å². The lowest BCUT2D eigenvalue weighted by Crippen LogP contribution is -2.33. The second-order valence-corrected chi connectivity index (χ2v) is 6.31. The number of hydrogen-bond acceptors (Lipinski definition) is 6. The van der Waals surface area contributed by atoms with Crippen molar-refractivity contribution in [1.82, 2.24) is 14.5 Å². The molecule has 1 fully saturated rings. The smallest absolute Gasteiger partial charge is 0.381 e. The van der Waals surface area contributed by atoms with Crippen LogP contribution in [0.4, 0.5) is 5.82 Å². The van der Waals surface area contributed by atoms with E-state index in [1.165, 1.54) is 17.1 Å². The summed E-state index contributed by atoms with van der Waals surface area (Å²) in [6.07, 6.45) is 4.36. The van der Waals surface area contributed by atoms with Crippen LogP contribution in [-0.2, 0) is 11.3 Å². The summed E-state index contributed by atoms with van der Waals surface area (Å²) in [5, 5.41) is 10.7. The van der Waals surface area contributed by atoms with Gasteiger partial charge in [0.2, 0.25) is 12.2 Å². The number of carbonyl (C=O) groups excluding carboxylic acids is 1. The van der Waals surface area contributed by atoms with Crippen LogP contribution in [0.25, 0.3) is 0 Å². The molecule has 2 aromatic rings. The number of ether oxygens (including phenoxy) is 2. The SMILES string of the molecule is O=C(Cn1cnc([N+](=O)[O-])c1)N1CCC[C@@H]1c1ccc2c(c1)OCCO2. The fraction of sp³-hybridized carbons (Fsp3) is 0.412. The largest absolute Gasteiger partial charge is 0.486 e. The van der Waals surface area contributed by atoms with Crippen LogP contribution in [-0.4, -0.2) is 45.0 Å². The van der Waals surface area contributed by atoms with Crippen molar-refractivity contribution in [2.45, 2.75) is 25.4 Å². The first-order chi connectivity index (χ1) is 12.6. The molecule has 1 amide bonds. The number of nitrogens with zero attached hydrogens (tertiary/aromatic N) is 4. The summed E-state index contributed by atoms with van der Waals surface area (Å²) in [6.45, 7) is 1.75. The van der Waals surface area contributed by atoms with E-state index in [-0.39, 0.29) is 24.3 Å². The second-order valence-electron chi connectivity index (χ2n) is 6.31. The maximum atomic E-state index is 12.7. The molecule has 4 rings (SSSR count).